The maximum absolute atomic E-state index is 13.2. The molecule has 26 heavy (non-hydrogen) atoms. The fourth-order valence-corrected chi connectivity index (χ4v) is 5.89. The van der Waals surface area contributed by atoms with Gasteiger partial charge in [-0.15, -0.1) is 0 Å². The molecule has 1 aromatic rings. The summed E-state index contributed by atoms with van der Waals surface area (Å²) in [7, 11) is 4.01. The van der Waals surface area contributed by atoms with Crippen LogP contribution < -0.4 is 9.99 Å². The first-order chi connectivity index (χ1) is 12.4. The van der Waals surface area contributed by atoms with Gasteiger partial charge in [0, 0.05) is 38.6 Å². The van der Waals surface area contributed by atoms with Crippen molar-refractivity contribution in [1.82, 2.24) is 9.99 Å². The Balaban J connectivity index is 3.15. The highest BCUT2D eigenvalue weighted by atomic mass is 32.7. The molecule has 6 nitrogen and oxygen atoms in total. The first-order valence-electron chi connectivity index (χ1n) is 9.17. The summed E-state index contributed by atoms with van der Waals surface area (Å²) < 4.78 is 18.8. The van der Waals surface area contributed by atoms with E-state index in [1.165, 1.54) is 11.4 Å². The third-order valence-corrected chi connectivity index (χ3v) is 7.83. The molecule has 1 aromatic carbocycles. The lowest BCUT2D eigenvalue weighted by atomic mass is 10.3. The molecule has 0 amide bonds. The topological polar surface area (TPSA) is 57.2 Å². The summed E-state index contributed by atoms with van der Waals surface area (Å²) in [6.45, 7) is 6.91. The molecule has 0 aliphatic carbocycles. The molecule has 0 saturated carbocycles. The zero-order valence-corrected chi connectivity index (χ0v) is 18.6. The van der Waals surface area contributed by atoms with Crippen molar-refractivity contribution in [3.8, 4) is 0 Å². The molecule has 0 radical (unpaired) electrons. The molecule has 0 aromatic heterocycles. The number of nitrogens with zero attached hydrogens (tertiary/aromatic N) is 3. The third-order valence-electron chi connectivity index (χ3n) is 3.67. The Morgan fingerprint density at radius 2 is 1.77 bits per heavy atom. The third kappa shape index (κ3) is 7.22. The van der Waals surface area contributed by atoms with Gasteiger partial charge in [0.1, 0.15) is 0 Å². The van der Waals surface area contributed by atoms with Crippen LogP contribution in [0.4, 0.5) is 11.4 Å². The lowest BCUT2D eigenvalue weighted by Crippen LogP contribution is -2.39. The molecular weight excluding hydrogens is 367 g/mol. The predicted octanol–water partition coefficient (Wildman–Crippen LogP) is 4.96. The van der Waals surface area contributed by atoms with E-state index in [-0.39, 0.29) is 0 Å². The lowest BCUT2D eigenvalue weighted by Gasteiger charge is -2.27. The van der Waals surface area contributed by atoms with E-state index >= 15 is 0 Å². The van der Waals surface area contributed by atoms with Crippen molar-refractivity contribution in [3.05, 3.63) is 24.3 Å². The van der Waals surface area contributed by atoms with E-state index in [2.05, 4.69) is 30.8 Å². The standard InChI is InChI=1S/C18H33N4O2PS/c1-7-15-26-25(23,24-10-4)20-18(22(8-2)9-3)19-16-11-13-17(14-12-16)21(5)6/h11-14H,7-10,15H2,1-6H3,(H,19,20,23). The highest BCUT2D eigenvalue weighted by Crippen LogP contribution is 2.56. The second-order valence-electron chi connectivity index (χ2n) is 5.88. The molecule has 1 unspecified atom stereocenters. The highest BCUT2D eigenvalue weighted by molar-refractivity contribution is 8.56. The predicted molar refractivity (Wildman–Crippen MR) is 116 cm³/mol. The van der Waals surface area contributed by atoms with Crippen molar-refractivity contribution in [2.45, 2.75) is 34.1 Å². The minimum Gasteiger partial charge on any atom is -0.378 e. The fourth-order valence-electron chi connectivity index (χ4n) is 2.24. The van der Waals surface area contributed by atoms with Crippen LogP contribution in [0.2, 0.25) is 0 Å². The van der Waals surface area contributed by atoms with Gasteiger partial charge in [-0.25, -0.2) is 4.99 Å². The average molecular weight is 401 g/mol. The van der Waals surface area contributed by atoms with E-state index in [4.69, 9.17) is 9.52 Å². The van der Waals surface area contributed by atoms with Crippen LogP contribution in [0.1, 0.15) is 34.1 Å². The van der Waals surface area contributed by atoms with Crippen LogP contribution in [0.25, 0.3) is 0 Å². The van der Waals surface area contributed by atoms with Crippen LogP contribution in [0, 0.1) is 0 Å². The van der Waals surface area contributed by atoms with E-state index in [9.17, 15) is 4.57 Å². The number of guanidine groups is 1. The summed E-state index contributed by atoms with van der Waals surface area (Å²) in [4.78, 5) is 8.82. The Morgan fingerprint density at radius 1 is 1.15 bits per heavy atom. The summed E-state index contributed by atoms with van der Waals surface area (Å²) in [5.41, 5.74) is 1.92. The zero-order chi connectivity index (χ0) is 19.6. The maximum Gasteiger partial charge on any atom is 0.353 e. The van der Waals surface area contributed by atoms with Gasteiger partial charge in [-0.2, -0.15) is 0 Å². The fraction of sp³-hybridized carbons (Fsp3) is 0.611. The Kier molecular flexibility index (Phi) is 10.1. The number of rotatable bonds is 10. The van der Waals surface area contributed by atoms with E-state index < -0.39 is 6.72 Å². The van der Waals surface area contributed by atoms with Gasteiger partial charge >= 0.3 is 6.72 Å². The molecular formula is C18H33N4O2PS. The van der Waals surface area contributed by atoms with E-state index in [1.54, 1.807) is 0 Å². The molecule has 1 rings (SSSR count). The molecule has 0 aliphatic rings. The smallest absolute Gasteiger partial charge is 0.353 e. The van der Waals surface area contributed by atoms with Crippen LogP contribution in [-0.4, -0.2) is 50.4 Å². The Bertz CT molecular complexity index is 604. The average Bonchev–Trinajstić information content (AvgIpc) is 2.61. The summed E-state index contributed by atoms with van der Waals surface area (Å²) in [6, 6.07) is 7.97. The second kappa shape index (κ2) is 11.5. The second-order valence-corrected chi connectivity index (χ2v) is 10.2. The quantitative estimate of drug-likeness (QED) is 0.340. The van der Waals surface area contributed by atoms with Gasteiger partial charge < -0.3 is 14.3 Å². The van der Waals surface area contributed by atoms with Crippen molar-refractivity contribution in [2.24, 2.45) is 4.99 Å². The summed E-state index contributed by atoms with van der Waals surface area (Å²) in [6.07, 6.45) is 0.938. The van der Waals surface area contributed by atoms with Crippen molar-refractivity contribution >= 4 is 35.4 Å². The first-order valence-corrected chi connectivity index (χ1v) is 12.4. The highest BCUT2D eigenvalue weighted by Gasteiger charge is 2.26. The van der Waals surface area contributed by atoms with Crippen molar-refractivity contribution in [3.63, 3.8) is 0 Å². The number of nitrogens with one attached hydrogen (secondary N) is 1. The summed E-state index contributed by atoms with van der Waals surface area (Å²) in [5, 5.41) is 3.12. The number of benzene rings is 1. The molecule has 0 spiro atoms. The van der Waals surface area contributed by atoms with Gasteiger partial charge in [0.15, 0.2) is 0 Å². The molecule has 148 valence electrons. The molecule has 0 heterocycles. The van der Waals surface area contributed by atoms with Crippen molar-refractivity contribution in [2.75, 3.05) is 44.4 Å². The molecule has 0 aliphatic heterocycles. The van der Waals surface area contributed by atoms with Gasteiger partial charge in [-0.1, -0.05) is 6.92 Å². The zero-order valence-electron chi connectivity index (χ0n) is 16.9. The molecule has 8 heteroatoms. The summed E-state index contributed by atoms with van der Waals surface area (Å²) >= 11 is 1.34. The van der Waals surface area contributed by atoms with Crippen LogP contribution in [-0.2, 0) is 9.09 Å². The van der Waals surface area contributed by atoms with Crippen molar-refractivity contribution < 1.29 is 9.09 Å². The number of hydrogen-bond acceptors (Lipinski definition) is 5. The minimum atomic E-state index is -3.05. The van der Waals surface area contributed by atoms with Gasteiger partial charge in [0.25, 0.3) is 0 Å². The molecule has 1 atom stereocenters. The Labute approximate surface area is 162 Å². The van der Waals surface area contributed by atoms with Gasteiger partial charge in [-0.3, -0.25) is 9.65 Å². The Morgan fingerprint density at radius 3 is 2.23 bits per heavy atom. The van der Waals surface area contributed by atoms with Crippen LogP contribution >= 0.6 is 18.1 Å². The van der Waals surface area contributed by atoms with Gasteiger partial charge in [0.2, 0.25) is 5.96 Å². The van der Waals surface area contributed by atoms with Gasteiger partial charge in [-0.05, 0) is 62.8 Å². The van der Waals surface area contributed by atoms with Crippen LogP contribution in [0.15, 0.2) is 29.3 Å². The minimum absolute atomic E-state index is 0.393. The van der Waals surface area contributed by atoms with E-state index in [1.807, 2.05) is 50.2 Å². The normalized spacial score (nSPS) is 14.0. The molecule has 0 bridgehead atoms. The monoisotopic (exact) mass is 400 g/mol. The van der Waals surface area contributed by atoms with Crippen molar-refractivity contribution in [1.29, 1.82) is 0 Å². The maximum atomic E-state index is 13.2. The van der Waals surface area contributed by atoms with E-state index in [0.29, 0.717) is 12.6 Å². The SMILES string of the molecule is CCCSP(=O)(NC(=Nc1ccc(N(C)C)cc1)N(CC)CC)OCC. The Hall–Kier alpha value is -1.17. The van der Waals surface area contributed by atoms with E-state index in [0.717, 1.165) is 36.6 Å². The van der Waals surface area contributed by atoms with Gasteiger partial charge in [0.05, 0.1) is 12.3 Å². The molecule has 0 saturated heterocycles. The number of aliphatic imine (C=N–C) groups is 1. The number of anilines is 1. The van der Waals surface area contributed by atoms with Crippen LogP contribution in [0.5, 0.6) is 0 Å². The lowest BCUT2D eigenvalue weighted by molar-refractivity contribution is 0.340. The first kappa shape index (κ1) is 22.9. The molecule has 0 fully saturated rings. The van der Waals surface area contributed by atoms with Crippen LogP contribution in [0.3, 0.4) is 0 Å². The summed E-state index contributed by atoms with van der Waals surface area (Å²) in [5.74, 6) is 1.36. The molecule has 1 N–H and O–H groups in total. The largest absolute Gasteiger partial charge is 0.378 e. The number of hydrogen-bond donors (Lipinski definition) is 1.